The van der Waals surface area contributed by atoms with E-state index in [9.17, 15) is 26.0 Å². The van der Waals surface area contributed by atoms with Crippen molar-refractivity contribution in [2.45, 2.75) is 36.0 Å². The zero-order valence-corrected chi connectivity index (χ0v) is 23.3. The Bertz CT molecular complexity index is 1540. The van der Waals surface area contributed by atoms with Gasteiger partial charge in [0.05, 0.1) is 17.7 Å². The van der Waals surface area contributed by atoms with E-state index >= 15 is 0 Å². The fraction of sp³-hybridized carbons (Fsp3) is 0.296. The molecule has 1 fully saturated rings. The van der Waals surface area contributed by atoms with Gasteiger partial charge in [0.1, 0.15) is 23.0 Å². The van der Waals surface area contributed by atoms with E-state index in [1.807, 2.05) is 6.92 Å². The number of hydrogen-bond donors (Lipinski definition) is 1. The summed E-state index contributed by atoms with van der Waals surface area (Å²) in [5.74, 6) is -1.15. The molecule has 1 heterocycles. The smallest absolute Gasteiger partial charge is 0.264 e. The van der Waals surface area contributed by atoms with Crippen LogP contribution in [-0.2, 0) is 24.8 Å². The lowest BCUT2D eigenvalue weighted by atomic mass is 10.2. The van der Waals surface area contributed by atoms with Crippen LogP contribution in [0, 0.1) is 12.7 Å². The van der Waals surface area contributed by atoms with Crippen LogP contribution in [0.4, 0.5) is 15.8 Å². The van der Waals surface area contributed by atoms with Crippen molar-refractivity contribution in [1.82, 2.24) is 4.31 Å². The van der Waals surface area contributed by atoms with Gasteiger partial charge in [0.2, 0.25) is 15.9 Å². The first-order chi connectivity index (χ1) is 18.5. The van der Waals surface area contributed by atoms with Gasteiger partial charge < -0.3 is 10.1 Å². The van der Waals surface area contributed by atoms with Crippen molar-refractivity contribution in [3.05, 3.63) is 78.1 Å². The van der Waals surface area contributed by atoms with Gasteiger partial charge in [-0.05, 0) is 74.4 Å². The number of sulfonamides is 2. The minimum atomic E-state index is -4.20. The number of amides is 1. The van der Waals surface area contributed by atoms with Crippen LogP contribution in [0.5, 0.6) is 5.75 Å². The van der Waals surface area contributed by atoms with Gasteiger partial charge in [-0.15, -0.1) is 0 Å². The van der Waals surface area contributed by atoms with E-state index in [4.69, 9.17) is 4.74 Å². The van der Waals surface area contributed by atoms with Gasteiger partial charge in [0.15, 0.2) is 0 Å². The number of ether oxygens (including phenoxy) is 1. The number of piperidine rings is 1. The molecule has 3 aromatic rings. The second kappa shape index (κ2) is 11.7. The molecule has 4 rings (SSSR count). The number of anilines is 2. The van der Waals surface area contributed by atoms with Crippen LogP contribution in [-0.4, -0.2) is 53.8 Å². The summed E-state index contributed by atoms with van der Waals surface area (Å²) in [4.78, 5) is 13.0. The van der Waals surface area contributed by atoms with Crippen LogP contribution in [0.25, 0.3) is 0 Å². The Hall–Kier alpha value is -3.48. The molecule has 9 nitrogen and oxygen atoms in total. The quantitative estimate of drug-likeness (QED) is 0.410. The lowest BCUT2D eigenvalue weighted by Gasteiger charge is -2.27. The van der Waals surface area contributed by atoms with Gasteiger partial charge >= 0.3 is 0 Å². The molecule has 0 saturated carbocycles. The maximum Gasteiger partial charge on any atom is 0.264 e. The fourth-order valence-electron chi connectivity index (χ4n) is 4.29. The Morgan fingerprint density at radius 1 is 0.949 bits per heavy atom. The summed E-state index contributed by atoms with van der Waals surface area (Å²) in [5.41, 5.74) is 1.10. The summed E-state index contributed by atoms with van der Waals surface area (Å²) in [5, 5.41) is 2.60. The normalized spacial score (nSPS) is 14.5. The maximum atomic E-state index is 13.6. The molecule has 1 aliphatic rings. The molecule has 12 heteroatoms. The SMILES string of the molecule is COc1ccc(NC(=O)CN(c2ccc(F)cc2)S(=O)(=O)c2ccc(C)cc2)cc1S(=O)(=O)N1CCCCC1. The van der Waals surface area contributed by atoms with Crippen LogP contribution in [0.1, 0.15) is 24.8 Å². The molecule has 0 aliphatic carbocycles. The lowest BCUT2D eigenvalue weighted by molar-refractivity contribution is -0.114. The molecule has 1 saturated heterocycles. The van der Waals surface area contributed by atoms with Gasteiger partial charge in [-0.3, -0.25) is 9.10 Å². The van der Waals surface area contributed by atoms with E-state index < -0.39 is 38.3 Å². The Morgan fingerprint density at radius 2 is 1.59 bits per heavy atom. The molecule has 0 spiro atoms. The topological polar surface area (TPSA) is 113 Å². The average Bonchev–Trinajstić information content (AvgIpc) is 2.93. The molecule has 1 N–H and O–H groups in total. The van der Waals surface area contributed by atoms with Crippen LogP contribution < -0.4 is 14.4 Å². The predicted molar refractivity (Wildman–Crippen MR) is 146 cm³/mol. The number of hydrogen-bond acceptors (Lipinski definition) is 6. The van der Waals surface area contributed by atoms with E-state index in [0.717, 1.165) is 41.3 Å². The molecule has 1 amide bonds. The third-order valence-corrected chi connectivity index (χ3v) is 10.1. The Kier molecular flexibility index (Phi) is 8.57. The molecule has 208 valence electrons. The minimum absolute atomic E-state index is 0.0374. The molecule has 0 atom stereocenters. The number of aryl methyl sites for hydroxylation is 1. The molecule has 0 aromatic heterocycles. The monoisotopic (exact) mass is 575 g/mol. The Balaban J connectivity index is 1.63. The molecule has 0 bridgehead atoms. The largest absolute Gasteiger partial charge is 0.495 e. The Morgan fingerprint density at radius 3 is 2.21 bits per heavy atom. The average molecular weight is 576 g/mol. The molecule has 1 aliphatic heterocycles. The first-order valence-electron chi connectivity index (χ1n) is 12.4. The highest BCUT2D eigenvalue weighted by Gasteiger charge is 2.30. The molecule has 0 unspecified atom stereocenters. The van der Waals surface area contributed by atoms with Gasteiger partial charge in [-0.25, -0.2) is 21.2 Å². The molecule has 0 radical (unpaired) electrons. The van der Waals surface area contributed by atoms with Gasteiger partial charge in [0, 0.05) is 18.8 Å². The molecular formula is C27H30FN3O6S2. The number of benzene rings is 3. The van der Waals surface area contributed by atoms with E-state index in [2.05, 4.69) is 5.32 Å². The third kappa shape index (κ3) is 6.40. The first-order valence-corrected chi connectivity index (χ1v) is 15.2. The van der Waals surface area contributed by atoms with Gasteiger partial charge in [-0.1, -0.05) is 24.1 Å². The molecular weight excluding hydrogens is 545 g/mol. The van der Waals surface area contributed by atoms with Crippen molar-refractivity contribution < 1.29 is 30.8 Å². The van der Waals surface area contributed by atoms with Gasteiger partial charge in [0.25, 0.3) is 10.0 Å². The van der Waals surface area contributed by atoms with Crippen molar-refractivity contribution in [1.29, 1.82) is 0 Å². The summed E-state index contributed by atoms with van der Waals surface area (Å²) in [6, 6.07) is 15.1. The zero-order chi connectivity index (χ0) is 28.2. The summed E-state index contributed by atoms with van der Waals surface area (Å²) < 4.78 is 74.8. The van der Waals surface area contributed by atoms with Crippen molar-refractivity contribution in [3.8, 4) is 5.75 Å². The number of carbonyl (C=O) groups excluding carboxylic acids is 1. The number of nitrogens with one attached hydrogen (secondary N) is 1. The highest BCUT2D eigenvalue weighted by molar-refractivity contribution is 7.92. The summed E-state index contributed by atoms with van der Waals surface area (Å²) in [6.45, 7) is 1.97. The Labute approximate surface area is 228 Å². The van der Waals surface area contributed by atoms with Crippen molar-refractivity contribution in [2.75, 3.05) is 36.4 Å². The van der Waals surface area contributed by atoms with E-state index in [-0.39, 0.29) is 26.9 Å². The maximum absolute atomic E-state index is 13.6. The number of nitrogens with zero attached hydrogens (tertiary/aromatic N) is 2. The van der Waals surface area contributed by atoms with E-state index in [1.165, 1.54) is 53.9 Å². The molecule has 3 aromatic carbocycles. The lowest BCUT2D eigenvalue weighted by Crippen LogP contribution is -2.38. The van der Waals surface area contributed by atoms with Crippen molar-refractivity contribution >= 4 is 37.3 Å². The summed E-state index contributed by atoms with van der Waals surface area (Å²) >= 11 is 0. The number of rotatable bonds is 9. The number of carbonyl (C=O) groups is 1. The standard InChI is InChI=1S/C27H30FN3O6S2/c1-20-6-13-24(14-7-20)38(33,34)31(23-11-8-21(28)9-12-23)19-27(32)29-22-10-15-25(37-2)26(18-22)39(35,36)30-16-4-3-5-17-30/h6-15,18H,3-5,16-17,19H2,1-2H3,(H,29,32). The van der Waals surface area contributed by atoms with Crippen molar-refractivity contribution in [2.24, 2.45) is 0 Å². The zero-order valence-electron chi connectivity index (χ0n) is 21.6. The highest BCUT2D eigenvalue weighted by Crippen LogP contribution is 2.31. The van der Waals surface area contributed by atoms with Crippen LogP contribution in [0.3, 0.4) is 0 Å². The summed E-state index contributed by atoms with van der Waals surface area (Å²) in [7, 11) is -6.72. The fourth-order valence-corrected chi connectivity index (χ4v) is 7.41. The highest BCUT2D eigenvalue weighted by atomic mass is 32.2. The van der Waals surface area contributed by atoms with E-state index in [1.54, 1.807) is 12.1 Å². The second-order valence-electron chi connectivity index (χ2n) is 9.18. The minimum Gasteiger partial charge on any atom is -0.495 e. The van der Waals surface area contributed by atoms with E-state index in [0.29, 0.717) is 13.1 Å². The van der Waals surface area contributed by atoms with Crippen molar-refractivity contribution in [3.63, 3.8) is 0 Å². The summed E-state index contributed by atoms with van der Waals surface area (Å²) in [6.07, 6.45) is 2.47. The van der Waals surface area contributed by atoms with Crippen LogP contribution in [0.15, 0.2) is 76.5 Å². The third-order valence-electron chi connectivity index (χ3n) is 6.39. The van der Waals surface area contributed by atoms with Crippen LogP contribution in [0.2, 0.25) is 0 Å². The van der Waals surface area contributed by atoms with Gasteiger partial charge in [-0.2, -0.15) is 4.31 Å². The number of halogens is 1. The predicted octanol–water partition coefficient (Wildman–Crippen LogP) is 4.15. The molecule has 39 heavy (non-hydrogen) atoms. The first kappa shape index (κ1) is 28.5. The second-order valence-corrected chi connectivity index (χ2v) is 12.9. The van der Waals surface area contributed by atoms with Crippen LogP contribution >= 0.6 is 0 Å². The number of methoxy groups -OCH3 is 1.